The van der Waals surface area contributed by atoms with Crippen LogP contribution in [0.4, 0.5) is 5.82 Å². The van der Waals surface area contributed by atoms with Crippen molar-refractivity contribution in [2.24, 2.45) is 5.92 Å². The first-order valence-electron chi connectivity index (χ1n) is 13.2. The topological polar surface area (TPSA) is 84.6 Å². The number of carbonyl (C=O) groups excluding carboxylic acids is 1. The van der Waals surface area contributed by atoms with Crippen LogP contribution in [0.3, 0.4) is 0 Å². The zero-order valence-electron chi connectivity index (χ0n) is 22.8. The van der Waals surface area contributed by atoms with Crippen LogP contribution in [0.2, 0.25) is 0 Å². The van der Waals surface area contributed by atoms with Gasteiger partial charge in [-0.1, -0.05) is 43.3 Å². The molecule has 0 fully saturated rings. The number of hydrogen-bond acceptors (Lipinski definition) is 6. The number of hydrogen-bond donors (Lipinski definition) is 1. The molecule has 0 aliphatic carbocycles. The van der Waals surface area contributed by atoms with Crippen LogP contribution in [-0.2, 0) is 12.0 Å². The van der Waals surface area contributed by atoms with Crippen LogP contribution in [0.15, 0.2) is 67.0 Å². The summed E-state index contributed by atoms with van der Waals surface area (Å²) in [5.74, 6) is 1.85. The highest BCUT2D eigenvalue weighted by Crippen LogP contribution is 2.34. The van der Waals surface area contributed by atoms with Crippen LogP contribution >= 0.6 is 0 Å². The number of carbonyl (C=O) groups is 1. The van der Waals surface area contributed by atoms with Gasteiger partial charge >= 0.3 is 5.82 Å². The van der Waals surface area contributed by atoms with E-state index in [0.29, 0.717) is 48.0 Å². The summed E-state index contributed by atoms with van der Waals surface area (Å²) in [6.45, 7) is 12.9. The first kappa shape index (κ1) is 26.5. The average molecular weight is 525 g/mol. The number of ketones is 1. The number of rotatable bonds is 8. The van der Waals surface area contributed by atoms with Gasteiger partial charge in [0.1, 0.15) is 19.3 Å². The molecule has 200 valence electrons. The number of fused-ring (bicyclic) bond motifs is 2. The summed E-state index contributed by atoms with van der Waals surface area (Å²) in [5.41, 5.74) is 3.17. The van der Waals surface area contributed by atoms with Crippen molar-refractivity contribution in [2.75, 3.05) is 13.2 Å². The van der Waals surface area contributed by atoms with E-state index in [0.717, 1.165) is 22.1 Å². The van der Waals surface area contributed by atoms with Crippen molar-refractivity contribution in [3.05, 3.63) is 89.2 Å². The van der Waals surface area contributed by atoms with Gasteiger partial charge in [0.25, 0.3) is 0 Å². The van der Waals surface area contributed by atoms with Crippen molar-refractivity contribution in [3.63, 3.8) is 0 Å². The van der Waals surface area contributed by atoms with E-state index in [4.69, 9.17) is 9.47 Å². The lowest BCUT2D eigenvalue weighted by Crippen LogP contribution is -2.18. The highest BCUT2D eigenvalue weighted by Gasteiger charge is 2.26. The summed E-state index contributed by atoms with van der Waals surface area (Å²) in [5, 5.41) is 11.5. The summed E-state index contributed by atoms with van der Waals surface area (Å²) in [6, 6.07) is 19.3. The Morgan fingerprint density at radius 1 is 1.03 bits per heavy atom. The van der Waals surface area contributed by atoms with E-state index in [9.17, 15) is 9.90 Å². The monoisotopic (exact) mass is 524 g/mol. The van der Waals surface area contributed by atoms with Crippen molar-refractivity contribution in [1.82, 2.24) is 9.97 Å². The zero-order chi connectivity index (χ0) is 27.7. The minimum Gasteiger partial charge on any atom is -0.486 e. The van der Waals surface area contributed by atoms with Crippen LogP contribution in [0.1, 0.15) is 60.8 Å². The lowest BCUT2D eigenvalue weighted by Gasteiger charge is -2.20. The van der Waals surface area contributed by atoms with E-state index >= 15 is 0 Å². The predicted octanol–water partition coefficient (Wildman–Crippen LogP) is 5.80. The molecule has 1 aliphatic heterocycles. The maximum atomic E-state index is 13.2. The number of aliphatic hydroxyl groups is 1. The summed E-state index contributed by atoms with van der Waals surface area (Å²) in [6.07, 6.45) is 2.12. The maximum Gasteiger partial charge on any atom is 0.334 e. The van der Waals surface area contributed by atoms with Gasteiger partial charge in [-0.2, -0.15) is 0 Å². The molecule has 7 nitrogen and oxygen atoms in total. The van der Waals surface area contributed by atoms with Gasteiger partial charge in [-0.3, -0.25) is 4.79 Å². The Balaban J connectivity index is 1.36. The summed E-state index contributed by atoms with van der Waals surface area (Å²) < 4.78 is 13.1. The molecule has 1 aromatic heterocycles. The first-order chi connectivity index (χ1) is 18.6. The van der Waals surface area contributed by atoms with E-state index in [1.807, 2.05) is 41.8 Å². The Kier molecular flexibility index (Phi) is 7.19. The third kappa shape index (κ3) is 5.40. The molecule has 2 atom stereocenters. The normalized spacial score (nSPS) is 14.6. The second-order valence-corrected chi connectivity index (χ2v) is 10.7. The Hall–Kier alpha value is -4.10. The van der Waals surface area contributed by atoms with Gasteiger partial charge < -0.3 is 14.6 Å². The minimum absolute atomic E-state index is 0.0688. The van der Waals surface area contributed by atoms with Crippen LogP contribution in [0.25, 0.3) is 10.9 Å². The van der Waals surface area contributed by atoms with Crippen LogP contribution < -0.4 is 9.47 Å². The third-order valence-corrected chi connectivity index (χ3v) is 7.29. The van der Waals surface area contributed by atoms with Gasteiger partial charge in [0, 0.05) is 17.0 Å². The van der Waals surface area contributed by atoms with Gasteiger partial charge in [0.05, 0.1) is 23.2 Å². The fourth-order valence-corrected chi connectivity index (χ4v) is 5.07. The average Bonchev–Trinajstić information content (AvgIpc) is 2.94. The van der Waals surface area contributed by atoms with Crippen molar-refractivity contribution >= 4 is 29.2 Å². The molecule has 0 spiro atoms. The molecular formula is C32H34N3O4+. The number of benzene rings is 3. The Morgan fingerprint density at radius 3 is 2.54 bits per heavy atom. The fraction of sp³-hybridized carbons (Fsp3) is 0.312. The first-order valence-corrected chi connectivity index (χ1v) is 13.2. The van der Waals surface area contributed by atoms with E-state index in [1.165, 1.54) is 6.33 Å². The molecule has 0 radical (unpaired) electrons. The van der Waals surface area contributed by atoms with Crippen LogP contribution in [-0.4, -0.2) is 45.4 Å². The van der Waals surface area contributed by atoms with Crippen molar-refractivity contribution < 1.29 is 24.0 Å². The number of ether oxygens (including phenoxy) is 2. The van der Waals surface area contributed by atoms with Gasteiger partial charge in [-0.25, -0.2) is 9.56 Å². The summed E-state index contributed by atoms with van der Waals surface area (Å²) >= 11 is 0. The summed E-state index contributed by atoms with van der Waals surface area (Å²) in [4.78, 5) is 22.2. The lowest BCUT2D eigenvalue weighted by molar-refractivity contribution is -0.480. The van der Waals surface area contributed by atoms with E-state index in [2.05, 4.69) is 35.7 Å². The molecule has 1 N–H and O–H groups in total. The quantitative estimate of drug-likeness (QED) is 0.178. The molecule has 39 heavy (non-hydrogen) atoms. The number of para-hydroxylation sites is 1. The highest BCUT2D eigenvalue weighted by atomic mass is 16.6. The molecule has 0 amide bonds. The second kappa shape index (κ2) is 10.6. The van der Waals surface area contributed by atoms with Crippen LogP contribution in [0, 0.1) is 5.92 Å². The SMILES string of the molecule is C=[N+](c1ncnc2c(C(C)(C)O)cccc12)C(C)c1cccc(CC(C)C(=O)c2ccc3c(c2)OCCO3)c1. The van der Waals surface area contributed by atoms with Gasteiger partial charge in [0.2, 0.25) is 6.33 Å². The van der Waals surface area contributed by atoms with E-state index < -0.39 is 5.60 Å². The lowest BCUT2D eigenvalue weighted by atomic mass is 9.91. The van der Waals surface area contributed by atoms with Crippen molar-refractivity contribution in [3.8, 4) is 11.5 Å². The number of Topliss-reactive ketones (excluding diaryl/α,β-unsaturated/α-hetero) is 1. The fourth-order valence-electron chi connectivity index (χ4n) is 5.07. The summed E-state index contributed by atoms with van der Waals surface area (Å²) in [7, 11) is 0. The molecule has 4 aromatic rings. The number of aromatic nitrogens is 2. The second-order valence-electron chi connectivity index (χ2n) is 10.7. The minimum atomic E-state index is -1.04. The molecule has 1 aliphatic rings. The van der Waals surface area contributed by atoms with Gasteiger partial charge in [0.15, 0.2) is 17.3 Å². The maximum absolute atomic E-state index is 13.2. The molecule has 2 unspecified atom stereocenters. The molecule has 0 bridgehead atoms. The largest absolute Gasteiger partial charge is 0.486 e. The Bertz CT molecular complexity index is 1560. The molecular weight excluding hydrogens is 490 g/mol. The van der Waals surface area contributed by atoms with Gasteiger partial charge in [-0.15, -0.1) is 0 Å². The van der Waals surface area contributed by atoms with Crippen molar-refractivity contribution in [2.45, 2.75) is 45.8 Å². The zero-order valence-corrected chi connectivity index (χ0v) is 22.8. The van der Waals surface area contributed by atoms with E-state index in [1.54, 1.807) is 32.0 Å². The Morgan fingerprint density at radius 2 is 1.77 bits per heavy atom. The molecule has 2 heterocycles. The number of nitrogens with zero attached hydrogens (tertiary/aromatic N) is 3. The molecule has 0 saturated heterocycles. The molecule has 0 saturated carbocycles. The Labute approximate surface area is 228 Å². The highest BCUT2D eigenvalue weighted by molar-refractivity contribution is 5.98. The van der Waals surface area contributed by atoms with E-state index in [-0.39, 0.29) is 17.7 Å². The van der Waals surface area contributed by atoms with Gasteiger partial charge in [-0.05, 0) is 67.6 Å². The molecule has 3 aromatic carbocycles. The standard InChI is InChI=1S/C32H34N3O4/c1-20(30(36)24-12-13-27-28(18-24)39-15-14-38-27)16-22-8-6-9-23(17-22)21(2)35(5)31-25-10-7-11-26(32(3,4)37)29(25)33-19-34-31/h6-13,17-21,37H,5,14-16H2,1-4H3/q+1. The molecule has 5 rings (SSSR count). The predicted molar refractivity (Wildman–Crippen MR) is 151 cm³/mol. The molecule has 7 heteroatoms. The smallest absolute Gasteiger partial charge is 0.334 e. The van der Waals surface area contributed by atoms with Crippen LogP contribution in [0.5, 0.6) is 11.5 Å². The third-order valence-electron chi connectivity index (χ3n) is 7.29. The van der Waals surface area contributed by atoms with Crippen molar-refractivity contribution in [1.29, 1.82) is 0 Å².